The van der Waals surface area contributed by atoms with E-state index in [0.717, 1.165) is 22.7 Å². The van der Waals surface area contributed by atoms with Crippen LogP contribution in [0.4, 0.5) is 17.1 Å². The maximum absolute atomic E-state index is 2.46. The molecule has 1 heterocycles. The second-order valence-corrected chi connectivity index (χ2v) is 19.7. The average molecular weight is 871 g/mol. The third-order valence-electron chi connectivity index (χ3n) is 15.2. The standard InChI is InChI=1S/C66H50N2/c1-65(2)58-25-11-8-22-53(58)55-37-36-52(42-60(55)65)67(49-32-28-44(29-33-49)43-16-6-5-7-17-43)51-21-15-20-48(41-51)47-19-14-18-46(40-47)45-30-34-50(35-31-45)68-61-27-13-10-24-57(61)63-62(68)39-38-56-54-23-9-12-26-59(54)66(3,4)64(56)63/h5-42H,1-4H3. The van der Waals surface area contributed by atoms with E-state index in [4.69, 9.17) is 0 Å². The molecule has 0 saturated heterocycles. The molecule has 0 unspecified atom stereocenters. The quantitative estimate of drug-likeness (QED) is 0.155. The molecule has 0 saturated carbocycles. The van der Waals surface area contributed by atoms with Crippen LogP contribution < -0.4 is 4.90 Å². The fourth-order valence-corrected chi connectivity index (χ4v) is 11.8. The molecule has 0 spiro atoms. The normalized spacial score (nSPS) is 13.8. The van der Waals surface area contributed by atoms with Gasteiger partial charge in [-0.05, 0) is 145 Å². The van der Waals surface area contributed by atoms with Gasteiger partial charge in [-0.1, -0.05) is 191 Å². The molecule has 0 amide bonds. The summed E-state index contributed by atoms with van der Waals surface area (Å²) >= 11 is 0. The summed E-state index contributed by atoms with van der Waals surface area (Å²) in [7, 11) is 0. The second kappa shape index (κ2) is 15.2. The van der Waals surface area contributed by atoms with Crippen LogP contribution >= 0.6 is 0 Å². The van der Waals surface area contributed by atoms with Gasteiger partial charge in [0, 0.05) is 44.4 Å². The Bertz CT molecular complexity index is 3770. The maximum atomic E-state index is 2.46. The third-order valence-corrected chi connectivity index (χ3v) is 15.2. The molecule has 0 bridgehead atoms. The van der Waals surface area contributed by atoms with Crippen LogP contribution in [-0.4, -0.2) is 4.57 Å². The van der Waals surface area contributed by atoms with Crippen molar-refractivity contribution in [1.82, 2.24) is 4.57 Å². The molecular weight excluding hydrogens is 821 g/mol. The Balaban J connectivity index is 0.867. The largest absolute Gasteiger partial charge is 0.310 e. The molecule has 2 heteroatoms. The lowest BCUT2D eigenvalue weighted by molar-refractivity contribution is 0.660. The lowest BCUT2D eigenvalue weighted by Crippen LogP contribution is -2.16. The van der Waals surface area contributed by atoms with Crippen molar-refractivity contribution in [3.8, 4) is 61.3 Å². The molecule has 2 nitrogen and oxygen atoms in total. The Kier molecular flexibility index (Phi) is 8.95. The van der Waals surface area contributed by atoms with E-state index in [1.165, 1.54) is 99.7 Å². The molecule has 1 aromatic heterocycles. The van der Waals surface area contributed by atoms with Crippen molar-refractivity contribution in [2.75, 3.05) is 4.90 Å². The lowest BCUT2D eigenvalue weighted by Gasteiger charge is -2.28. The highest BCUT2D eigenvalue weighted by atomic mass is 15.1. The molecule has 0 atom stereocenters. The van der Waals surface area contributed by atoms with E-state index in [2.05, 4.69) is 268 Å². The SMILES string of the molecule is CC1(C)c2ccccc2-c2ccc(N(c3ccc(-c4ccccc4)cc3)c3cccc(-c4cccc(-c5ccc(-n6c7ccccc7c7c8c(ccc76)-c6ccccc6C8(C)C)cc5)c4)c3)cc21. The number of fused-ring (bicyclic) bond motifs is 10. The summed E-state index contributed by atoms with van der Waals surface area (Å²) in [5.41, 5.74) is 24.9. The van der Waals surface area contributed by atoms with E-state index >= 15 is 0 Å². The van der Waals surface area contributed by atoms with Crippen LogP contribution in [0.5, 0.6) is 0 Å². The first-order chi connectivity index (χ1) is 33.2. The minimum absolute atomic E-state index is 0.104. The van der Waals surface area contributed by atoms with Crippen molar-refractivity contribution in [3.05, 3.63) is 253 Å². The van der Waals surface area contributed by atoms with Crippen molar-refractivity contribution in [2.24, 2.45) is 0 Å². The van der Waals surface area contributed by atoms with Gasteiger partial charge in [0.15, 0.2) is 0 Å². The van der Waals surface area contributed by atoms with Crippen molar-refractivity contribution in [1.29, 1.82) is 0 Å². The predicted molar refractivity (Wildman–Crippen MR) is 287 cm³/mol. The zero-order valence-corrected chi connectivity index (χ0v) is 38.8. The summed E-state index contributed by atoms with van der Waals surface area (Å²) in [6, 6.07) is 85.3. The van der Waals surface area contributed by atoms with Gasteiger partial charge in [-0.25, -0.2) is 0 Å². The molecule has 0 radical (unpaired) electrons. The van der Waals surface area contributed by atoms with Crippen LogP contribution in [0.15, 0.2) is 231 Å². The summed E-state index contributed by atoms with van der Waals surface area (Å²) in [4.78, 5) is 2.42. The number of aromatic nitrogens is 1. The Morgan fingerprint density at radius 3 is 1.60 bits per heavy atom. The van der Waals surface area contributed by atoms with Gasteiger partial charge in [0.2, 0.25) is 0 Å². The third kappa shape index (κ3) is 6.10. The molecule has 0 N–H and O–H groups in total. The minimum Gasteiger partial charge on any atom is -0.310 e. The van der Waals surface area contributed by atoms with E-state index in [9.17, 15) is 0 Å². The van der Waals surface area contributed by atoms with E-state index in [1.54, 1.807) is 0 Å². The van der Waals surface area contributed by atoms with Gasteiger partial charge in [0.05, 0.1) is 11.0 Å². The second-order valence-electron chi connectivity index (χ2n) is 19.7. The summed E-state index contributed by atoms with van der Waals surface area (Å²) in [5, 5.41) is 2.65. The number of rotatable bonds is 7. The van der Waals surface area contributed by atoms with Crippen molar-refractivity contribution < 1.29 is 0 Å². The number of hydrogen-bond acceptors (Lipinski definition) is 1. The van der Waals surface area contributed by atoms with Crippen LogP contribution in [0.3, 0.4) is 0 Å². The first-order valence-electron chi connectivity index (χ1n) is 23.9. The average Bonchev–Trinajstić information content (AvgIpc) is 3.94. The van der Waals surface area contributed by atoms with Gasteiger partial charge in [0.1, 0.15) is 0 Å². The Hall–Kier alpha value is -8.20. The molecule has 10 aromatic carbocycles. The van der Waals surface area contributed by atoms with Crippen LogP contribution in [0, 0.1) is 0 Å². The number of nitrogens with zero attached hydrogens (tertiary/aromatic N) is 2. The van der Waals surface area contributed by atoms with Gasteiger partial charge in [-0.3, -0.25) is 0 Å². The number of para-hydroxylation sites is 1. The number of hydrogen-bond donors (Lipinski definition) is 0. The molecule has 0 fully saturated rings. The topological polar surface area (TPSA) is 8.17 Å². The molecule has 324 valence electrons. The zero-order valence-electron chi connectivity index (χ0n) is 38.8. The predicted octanol–water partition coefficient (Wildman–Crippen LogP) is 17.9. The minimum atomic E-state index is -0.112. The van der Waals surface area contributed by atoms with Gasteiger partial charge in [0.25, 0.3) is 0 Å². The monoisotopic (exact) mass is 870 g/mol. The van der Waals surface area contributed by atoms with E-state index < -0.39 is 0 Å². The summed E-state index contributed by atoms with van der Waals surface area (Å²) < 4.78 is 2.46. The van der Waals surface area contributed by atoms with E-state index in [0.29, 0.717) is 0 Å². The van der Waals surface area contributed by atoms with E-state index in [-0.39, 0.29) is 10.8 Å². The summed E-state index contributed by atoms with van der Waals surface area (Å²) in [6.07, 6.45) is 0. The van der Waals surface area contributed by atoms with Crippen LogP contribution in [0.1, 0.15) is 49.9 Å². The van der Waals surface area contributed by atoms with Gasteiger partial charge in [-0.2, -0.15) is 0 Å². The fraction of sp³-hybridized carbons (Fsp3) is 0.0909. The zero-order chi connectivity index (χ0) is 45.7. The van der Waals surface area contributed by atoms with Crippen molar-refractivity contribution >= 4 is 38.9 Å². The highest BCUT2D eigenvalue weighted by Gasteiger charge is 2.38. The molecule has 2 aliphatic rings. The van der Waals surface area contributed by atoms with Gasteiger partial charge in [-0.15, -0.1) is 0 Å². The molecule has 0 aliphatic heterocycles. The van der Waals surface area contributed by atoms with Crippen molar-refractivity contribution in [3.63, 3.8) is 0 Å². The highest BCUT2D eigenvalue weighted by Crippen LogP contribution is 2.54. The van der Waals surface area contributed by atoms with E-state index in [1.807, 2.05) is 0 Å². The summed E-state index contributed by atoms with van der Waals surface area (Å²) in [6.45, 7) is 9.49. The molecule has 13 rings (SSSR count). The van der Waals surface area contributed by atoms with Crippen molar-refractivity contribution in [2.45, 2.75) is 38.5 Å². The lowest BCUT2D eigenvalue weighted by atomic mass is 9.80. The molecule has 11 aromatic rings. The van der Waals surface area contributed by atoms with Gasteiger partial charge >= 0.3 is 0 Å². The first-order valence-corrected chi connectivity index (χ1v) is 23.9. The molecular formula is C66H50N2. The Morgan fingerprint density at radius 2 is 0.838 bits per heavy atom. The first kappa shape index (κ1) is 40.1. The number of anilines is 3. The van der Waals surface area contributed by atoms with Crippen LogP contribution in [0.2, 0.25) is 0 Å². The smallest absolute Gasteiger partial charge is 0.0544 e. The maximum Gasteiger partial charge on any atom is 0.0544 e. The van der Waals surface area contributed by atoms with Crippen LogP contribution in [0.25, 0.3) is 83.1 Å². The Morgan fingerprint density at radius 1 is 0.324 bits per heavy atom. The highest BCUT2D eigenvalue weighted by molar-refractivity contribution is 6.14. The number of benzene rings is 10. The van der Waals surface area contributed by atoms with Gasteiger partial charge < -0.3 is 9.47 Å². The molecule has 68 heavy (non-hydrogen) atoms. The molecule has 2 aliphatic carbocycles. The van der Waals surface area contributed by atoms with Crippen LogP contribution in [-0.2, 0) is 10.8 Å². The summed E-state index contributed by atoms with van der Waals surface area (Å²) in [5.74, 6) is 0. The Labute approximate surface area is 399 Å². The fourth-order valence-electron chi connectivity index (χ4n) is 11.8.